The molecule has 18 heavy (non-hydrogen) atoms. The van der Waals surface area contributed by atoms with E-state index in [1.165, 1.54) is 30.3 Å². The molecule has 2 aromatic rings. The Balaban J connectivity index is 1.98. The molecule has 1 fully saturated rings. The van der Waals surface area contributed by atoms with Crippen LogP contribution in [-0.2, 0) is 0 Å². The number of nitrogens with one attached hydrogen (secondary N) is 1. The van der Waals surface area contributed by atoms with E-state index in [1.54, 1.807) is 0 Å². The first-order chi connectivity index (χ1) is 8.90. The van der Waals surface area contributed by atoms with Crippen LogP contribution >= 0.6 is 0 Å². The largest absolute Gasteiger partial charge is 0.291 e. The van der Waals surface area contributed by atoms with Crippen LogP contribution in [0.15, 0.2) is 36.9 Å². The Morgan fingerprint density at radius 2 is 2.28 bits per heavy atom. The van der Waals surface area contributed by atoms with Gasteiger partial charge in [0.15, 0.2) is 0 Å². The predicted molar refractivity (Wildman–Crippen MR) is 74.5 cm³/mol. The van der Waals surface area contributed by atoms with Crippen LogP contribution in [0.1, 0.15) is 31.0 Å². The van der Waals surface area contributed by atoms with E-state index < -0.39 is 0 Å². The summed E-state index contributed by atoms with van der Waals surface area (Å²) in [5.74, 6) is 0. The molecule has 94 valence electrons. The minimum atomic E-state index is 0.462. The number of H-pyrrole nitrogens is 1. The zero-order chi connectivity index (χ0) is 12.4. The molecule has 1 N–H and O–H groups in total. The fraction of sp³-hybridized carbons (Fsp3) is 0.400. The SMILES string of the molecule is C=CCN1CCCCC1c1[nH]nc2ccccc12. The fourth-order valence-electron chi connectivity index (χ4n) is 2.94. The number of hydrogen-bond acceptors (Lipinski definition) is 2. The zero-order valence-corrected chi connectivity index (χ0v) is 10.6. The number of benzene rings is 1. The van der Waals surface area contributed by atoms with Crippen LogP contribution in [0.3, 0.4) is 0 Å². The number of hydrogen-bond donors (Lipinski definition) is 1. The molecular formula is C15H19N3. The van der Waals surface area contributed by atoms with Gasteiger partial charge in [-0.1, -0.05) is 30.7 Å². The Morgan fingerprint density at radius 1 is 1.39 bits per heavy atom. The number of nitrogens with zero attached hydrogens (tertiary/aromatic N) is 2. The smallest absolute Gasteiger partial charge is 0.0924 e. The van der Waals surface area contributed by atoms with Crippen LogP contribution in [0.2, 0.25) is 0 Å². The molecule has 1 aromatic heterocycles. The van der Waals surface area contributed by atoms with E-state index >= 15 is 0 Å². The Hall–Kier alpha value is -1.61. The summed E-state index contributed by atoms with van der Waals surface area (Å²) < 4.78 is 0. The standard InChI is InChI=1S/C15H19N3/c1-2-10-18-11-6-5-9-14(18)15-12-7-3-4-8-13(12)16-17-15/h2-4,7-8,14H,1,5-6,9-11H2,(H,16,17). The van der Waals surface area contributed by atoms with Crippen LogP contribution in [0.5, 0.6) is 0 Å². The number of rotatable bonds is 3. The highest BCUT2D eigenvalue weighted by Gasteiger charge is 2.25. The Bertz CT molecular complexity index is 543. The van der Waals surface area contributed by atoms with E-state index in [9.17, 15) is 0 Å². The molecule has 3 heteroatoms. The molecule has 1 unspecified atom stereocenters. The average molecular weight is 241 g/mol. The number of aromatic amines is 1. The number of fused-ring (bicyclic) bond motifs is 1. The molecule has 0 aliphatic carbocycles. The van der Waals surface area contributed by atoms with Gasteiger partial charge >= 0.3 is 0 Å². The van der Waals surface area contributed by atoms with Gasteiger partial charge < -0.3 is 0 Å². The molecule has 2 heterocycles. The monoisotopic (exact) mass is 241 g/mol. The van der Waals surface area contributed by atoms with Crippen molar-refractivity contribution in [2.75, 3.05) is 13.1 Å². The molecule has 0 saturated carbocycles. The van der Waals surface area contributed by atoms with Gasteiger partial charge in [0.1, 0.15) is 0 Å². The van der Waals surface area contributed by atoms with Gasteiger partial charge in [-0.2, -0.15) is 5.10 Å². The number of aromatic nitrogens is 2. The normalized spacial score (nSPS) is 21.2. The van der Waals surface area contributed by atoms with E-state index in [-0.39, 0.29) is 0 Å². The summed E-state index contributed by atoms with van der Waals surface area (Å²) in [6, 6.07) is 8.81. The summed E-state index contributed by atoms with van der Waals surface area (Å²) in [4.78, 5) is 2.50. The second-order valence-electron chi connectivity index (χ2n) is 4.95. The van der Waals surface area contributed by atoms with Crippen LogP contribution in [0, 0.1) is 0 Å². The van der Waals surface area contributed by atoms with Crippen LogP contribution in [0.4, 0.5) is 0 Å². The maximum atomic E-state index is 4.41. The van der Waals surface area contributed by atoms with Gasteiger partial charge in [-0.05, 0) is 25.5 Å². The lowest BCUT2D eigenvalue weighted by molar-refractivity contribution is 0.164. The lowest BCUT2D eigenvalue weighted by Gasteiger charge is -2.34. The van der Waals surface area contributed by atoms with Crippen molar-refractivity contribution >= 4 is 10.9 Å². The zero-order valence-electron chi connectivity index (χ0n) is 10.6. The summed E-state index contributed by atoms with van der Waals surface area (Å²) >= 11 is 0. The van der Waals surface area contributed by atoms with Crippen molar-refractivity contribution in [1.82, 2.24) is 15.1 Å². The lowest BCUT2D eigenvalue weighted by atomic mass is 9.97. The third kappa shape index (κ3) is 1.95. The molecule has 3 rings (SSSR count). The first-order valence-corrected chi connectivity index (χ1v) is 6.68. The summed E-state index contributed by atoms with van der Waals surface area (Å²) in [6.45, 7) is 5.98. The number of para-hydroxylation sites is 1. The molecule has 0 spiro atoms. The van der Waals surface area contributed by atoms with Crippen LogP contribution in [-0.4, -0.2) is 28.2 Å². The molecular weight excluding hydrogens is 222 g/mol. The summed E-state index contributed by atoms with van der Waals surface area (Å²) in [5, 5.41) is 8.92. The van der Waals surface area contributed by atoms with Gasteiger partial charge in [0, 0.05) is 11.9 Å². The van der Waals surface area contributed by atoms with Crippen LogP contribution in [0.25, 0.3) is 10.9 Å². The molecule has 1 atom stereocenters. The summed E-state index contributed by atoms with van der Waals surface area (Å²) in [6.07, 6.45) is 5.79. The highest BCUT2D eigenvalue weighted by molar-refractivity contribution is 5.81. The molecule has 1 aromatic carbocycles. The van der Waals surface area contributed by atoms with E-state index in [1.807, 2.05) is 12.1 Å². The molecule has 0 amide bonds. The third-order valence-corrected chi connectivity index (χ3v) is 3.80. The first kappa shape index (κ1) is 11.5. The molecule has 3 nitrogen and oxygen atoms in total. The van der Waals surface area contributed by atoms with Crippen molar-refractivity contribution in [2.24, 2.45) is 0 Å². The maximum Gasteiger partial charge on any atom is 0.0924 e. The Labute approximate surface area is 107 Å². The Kier molecular flexibility index (Phi) is 3.15. The van der Waals surface area contributed by atoms with Crippen molar-refractivity contribution in [3.63, 3.8) is 0 Å². The Morgan fingerprint density at radius 3 is 3.17 bits per heavy atom. The molecule has 1 saturated heterocycles. The second-order valence-corrected chi connectivity index (χ2v) is 4.95. The van der Waals surface area contributed by atoms with E-state index in [2.05, 4.69) is 39.9 Å². The quantitative estimate of drug-likeness (QED) is 0.836. The third-order valence-electron chi connectivity index (χ3n) is 3.80. The van der Waals surface area contributed by atoms with Crippen molar-refractivity contribution in [3.8, 4) is 0 Å². The summed E-state index contributed by atoms with van der Waals surface area (Å²) in [5.41, 5.74) is 2.34. The van der Waals surface area contributed by atoms with Gasteiger partial charge in [-0.25, -0.2) is 0 Å². The number of likely N-dealkylation sites (tertiary alicyclic amines) is 1. The van der Waals surface area contributed by atoms with Gasteiger partial charge in [-0.3, -0.25) is 10.00 Å². The maximum absolute atomic E-state index is 4.41. The van der Waals surface area contributed by atoms with Gasteiger partial charge in [0.05, 0.1) is 17.3 Å². The van der Waals surface area contributed by atoms with Crippen molar-refractivity contribution in [3.05, 3.63) is 42.6 Å². The van der Waals surface area contributed by atoms with E-state index in [4.69, 9.17) is 0 Å². The van der Waals surface area contributed by atoms with Crippen molar-refractivity contribution < 1.29 is 0 Å². The lowest BCUT2D eigenvalue weighted by Crippen LogP contribution is -2.33. The molecule has 0 radical (unpaired) electrons. The molecule has 0 bridgehead atoms. The predicted octanol–water partition coefficient (Wildman–Crippen LogP) is 3.28. The van der Waals surface area contributed by atoms with E-state index in [0.29, 0.717) is 6.04 Å². The van der Waals surface area contributed by atoms with E-state index in [0.717, 1.165) is 18.6 Å². The fourth-order valence-corrected chi connectivity index (χ4v) is 2.94. The minimum Gasteiger partial charge on any atom is -0.291 e. The molecule has 1 aliphatic heterocycles. The van der Waals surface area contributed by atoms with Gasteiger partial charge in [-0.15, -0.1) is 6.58 Å². The highest BCUT2D eigenvalue weighted by Crippen LogP contribution is 2.33. The van der Waals surface area contributed by atoms with Gasteiger partial charge in [0.2, 0.25) is 0 Å². The van der Waals surface area contributed by atoms with Crippen molar-refractivity contribution in [2.45, 2.75) is 25.3 Å². The first-order valence-electron chi connectivity index (χ1n) is 6.68. The second kappa shape index (κ2) is 4.94. The molecule has 1 aliphatic rings. The van der Waals surface area contributed by atoms with Crippen LogP contribution < -0.4 is 0 Å². The topological polar surface area (TPSA) is 31.9 Å². The highest BCUT2D eigenvalue weighted by atomic mass is 15.2. The minimum absolute atomic E-state index is 0.462. The van der Waals surface area contributed by atoms with Crippen molar-refractivity contribution in [1.29, 1.82) is 0 Å². The van der Waals surface area contributed by atoms with Gasteiger partial charge in [0.25, 0.3) is 0 Å². The number of piperidine rings is 1. The summed E-state index contributed by atoms with van der Waals surface area (Å²) in [7, 11) is 0. The average Bonchev–Trinajstić information content (AvgIpc) is 2.84.